The smallest absolute Gasteiger partial charge is 0.295 e. The maximum absolute atomic E-state index is 12.9. The van der Waals surface area contributed by atoms with Gasteiger partial charge in [0.05, 0.1) is 11.3 Å². The molecule has 3 amide bonds. The Kier molecular flexibility index (Phi) is 4.18. The highest BCUT2D eigenvalue weighted by Crippen LogP contribution is 2.46. The number of benzene rings is 2. The van der Waals surface area contributed by atoms with Crippen LogP contribution in [0.4, 0.5) is 23.7 Å². The van der Waals surface area contributed by atoms with E-state index in [2.05, 4.69) is 0 Å². The first-order valence-corrected chi connectivity index (χ1v) is 9.34. The van der Waals surface area contributed by atoms with Crippen molar-refractivity contribution in [2.75, 3.05) is 10.7 Å². The summed E-state index contributed by atoms with van der Waals surface area (Å²) in [6.07, 6.45) is -4.41. The van der Waals surface area contributed by atoms with Crippen molar-refractivity contribution in [3.05, 3.63) is 65.2 Å². The third kappa shape index (κ3) is 2.97. The highest BCUT2D eigenvalue weighted by molar-refractivity contribution is 7.99. The van der Waals surface area contributed by atoms with Crippen LogP contribution in [-0.2, 0) is 11.0 Å². The van der Waals surface area contributed by atoms with Crippen LogP contribution in [0.3, 0.4) is 0 Å². The summed E-state index contributed by atoms with van der Waals surface area (Å²) in [5.74, 6) is 0.115. The highest BCUT2D eigenvalue weighted by Gasteiger charge is 2.53. The summed E-state index contributed by atoms with van der Waals surface area (Å²) in [6.45, 7) is 1.91. The molecule has 2 aromatic carbocycles. The average molecular weight is 392 g/mol. The van der Waals surface area contributed by atoms with Gasteiger partial charge in [-0.3, -0.25) is 9.69 Å². The first kappa shape index (κ1) is 17.9. The molecule has 0 N–H and O–H groups in total. The fraction of sp³-hybridized carbons (Fsp3) is 0.263. The van der Waals surface area contributed by atoms with Crippen molar-refractivity contribution < 1.29 is 22.8 Å². The Morgan fingerprint density at radius 1 is 1.00 bits per heavy atom. The Morgan fingerprint density at radius 2 is 1.63 bits per heavy atom. The molecule has 2 aliphatic heterocycles. The maximum Gasteiger partial charge on any atom is 0.416 e. The number of nitrogens with zero attached hydrogens (tertiary/aromatic N) is 2. The van der Waals surface area contributed by atoms with E-state index in [1.54, 1.807) is 12.1 Å². The highest BCUT2D eigenvalue weighted by atomic mass is 32.2. The fourth-order valence-electron chi connectivity index (χ4n) is 3.31. The molecule has 4 rings (SSSR count). The van der Waals surface area contributed by atoms with Crippen molar-refractivity contribution >= 4 is 29.4 Å². The number of rotatable bonds is 2. The molecule has 2 fully saturated rings. The van der Waals surface area contributed by atoms with Gasteiger partial charge in [-0.05, 0) is 36.8 Å². The number of alkyl halides is 3. The number of urea groups is 1. The molecule has 2 aromatic rings. The van der Waals surface area contributed by atoms with Crippen LogP contribution < -0.4 is 4.90 Å². The second kappa shape index (κ2) is 6.30. The third-order valence-corrected chi connectivity index (χ3v) is 6.06. The predicted octanol–water partition coefficient (Wildman–Crippen LogP) is 4.60. The van der Waals surface area contributed by atoms with Gasteiger partial charge in [-0.15, -0.1) is 11.8 Å². The number of halogens is 3. The summed E-state index contributed by atoms with van der Waals surface area (Å²) >= 11 is 1.38. The molecule has 0 saturated carbocycles. The van der Waals surface area contributed by atoms with E-state index >= 15 is 0 Å². The molecule has 0 bridgehead atoms. The number of aryl methyl sites for hydroxylation is 1. The van der Waals surface area contributed by atoms with E-state index < -0.39 is 29.2 Å². The van der Waals surface area contributed by atoms with Gasteiger partial charge in [0.1, 0.15) is 11.4 Å². The summed E-state index contributed by atoms with van der Waals surface area (Å²) in [5, 5.41) is -0.482. The zero-order chi connectivity index (χ0) is 19.3. The van der Waals surface area contributed by atoms with E-state index in [1.807, 2.05) is 19.1 Å². The first-order chi connectivity index (χ1) is 12.8. The van der Waals surface area contributed by atoms with Gasteiger partial charge in [0.2, 0.25) is 0 Å². The quantitative estimate of drug-likeness (QED) is 0.702. The number of thioether (sulfide) groups is 1. The van der Waals surface area contributed by atoms with Crippen molar-refractivity contribution in [1.29, 1.82) is 0 Å². The maximum atomic E-state index is 12.9. The number of hydrogen-bond acceptors (Lipinski definition) is 3. The molecule has 2 aliphatic rings. The number of fused-ring (bicyclic) bond motifs is 1. The molecule has 27 heavy (non-hydrogen) atoms. The van der Waals surface area contributed by atoms with Gasteiger partial charge in [0, 0.05) is 5.75 Å². The minimum atomic E-state index is -4.41. The van der Waals surface area contributed by atoms with Crippen molar-refractivity contribution in [2.24, 2.45) is 0 Å². The molecule has 2 atom stereocenters. The Bertz CT molecular complexity index is 897. The molecule has 0 aliphatic carbocycles. The molecule has 2 heterocycles. The lowest BCUT2D eigenvalue weighted by atomic mass is 10.1. The first-order valence-electron chi connectivity index (χ1n) is 8.29. The van der Waals surface area contributed by atoms with Gasteiger partial charge < -0.3 is 0 Å². The van der Waals surface area contributed by atoms with Crippen LogP contribution in [0.1, 0.15) is 22.1 Å². The zero-order valence-electron chi connectivity index (χ0n) is 14.2. The van der Waals surface area contributed by atoms with Gasteiger partial charge in [0.15, 0.2) is 0 Å². The molecule has 1 unspecified atom stereocenters. The minimum absolute atomic E-state index is 0.300. The van der Waals surface area contributed by atoms with Crippen LogP contribution in [0.25, 0.3) is 0 Å². The topological polar surface area (TPSA) is 40.6 Å². The Labute approximate surface area is 157 Å². The predicted molar refractivity (Wildman–Crippen MR) is 96.3 cm³/mol. The van der Waals surface area contributed by atoms with Crippen LogP contribution in [0.5, 0.6) is 0 Å². The van der Waals surface area contributed by atoms with Crippen molar-refractivity contribution in [3.8, 4) is 0 Å². The molecule has 0 spiro atoms. The van der Waals surface area contributed by atoms with Crippen LogP contribution in [0, 0.1) is 6.92 Å². The van der Waals surface area contributed by atoms with Crippen LogP contribution >= 0.6 is 11.8 Å². The summed E-state index contributed by atoms with van der Waals surface area (Å²) < 4.78 is 38.3. The molecule has 4 nitrogen and oxygen atoms in total. The summed E-state index contributed by atoms with van der Waals surface area (Å²) in [6, 6.07) is 10.8. The number of hydrogen-bond donors (Lipinski definition) is 0. The fourth-order valence-corrected chi connectivity index (χ4v) is 4.73. The van der Waals surface area contributed by atoms with E-state index in [0.717, 1.165) is 22.6 Å². The standard InChI is InChI=1S/C19H15F3N2O2S/c1-11-2-8-14(9-3-11)23-16(25)15-10-27-17(24(15)18(23)26)12-4-6-13(7-5-12)19(20,21)22/h2-9,15,17H,10H2,1H3/t15-,17?/m0/s1. The van der Waals surface area contributed by atoms with Gasteiger partial charge in [-0.25, -0.2) is 9.69 Å². The lowest BCUT2D eigenvalue weighted by Gasteiger charge is -2.23. The molecule has 2 saturated heterocycles. The van der Waals surface area contributed by atoms with Crippen molar-refractivity contribution in [3.63, 3.8) is 0 Å². The molecule has 0 radical (unpaired) electrons. The Balaban J connectivity index is 1.63. The molecular weight excluding hydrogens is 377 g/mol. The minimum Gasteiger partial charge on any atom is -0.295 e. The second-order valence-corrected chi connectivity index (χ2v) is 7.63. The van der Waals surface area contributed by atoms with Crippen LogP contribution in [-0.4, -0.2) is 28.6 Å². The summed E-state index contributed by atoms with van der Waals surface area (Å²) in [5.41, 5.74) is 1.34. The van der Waals surface area contributed by atoms with Gasteiger partial charge in [0.25, 0.3) is 5.91 Å². The van der Waals surface area contributed by atoms with E-state index in [0.29, 0.717) is 17.0 Å². The van der Waals surface area contributed by atoms with E-state index in [1.165, 1.54) is 28.8 Å². The van der Waals surface area contributed by atoms with Crippen molar-refractivity contribution in [1.82, 2.24) is 4.90 Å². The van der Waals surface area contributed by atoms with Gasteiger partial charge in [-0.1, -0.05) is 29.8 Å². The largest absolute Gasteiger partial charge is 0.416 e. The lowest BCUT2D eigenvalue weighted by molar-refractivity contribution is -0.137. The number of anilines is 1. The summed E-state index contributed by atoms with van der Waals surface area (Å²) in [4.78, 5) is 28.3. The average Bonchev–Trinajstić information content (AvgIpc) is 3.16. The molecule has 8 heteroatoms. The zero-order valence-corrected chi connectivity index (χ0v) is 15.1. The third-order valence-electron chi connectivity index (χ3n) is 4.73. The van der Waals surface area contributed by atoms with Gasteiger partial charge >= 0.3 is 12.2 Å². The Morgan fingerprint density at radius 3 is 2.22 bits per heavy atom. The van der Waals surface area contributed by atoms with Gasteiger partial charge in [-0.2, -0.15) is 13.2 Å². The van der Waals surface area contributed by atoms with E-state index in [9.17, 15) is 22.8 Å². The second-order valence-electron chi connectivity index (χ2n) is 6.52. The van der Waals surface area contributed by atoms with Crippen LogP contribution in [0.15, 0.2) is 48.5 Å². The number of carbonyl (C=O) groups excluding carboxylic acids is 2. The lowest BCUT2D eigenvalue weighted by Crippen LogP contribution is -2.33. The normalized spacial score (nSPS) is 22.5. The number of amides is 3. The monoisotopic (exact) mass is 392 g/mol. The van der Waals surface area contributed by atoms with E-state index in [-0.39, 0.29) is 5.91 Å². The molecule has 0 aromatic heterocycles. The molecular formula is C19H15F3N2O2S. The van der Waals surface area contributed by atoms with Crippen molar-refractivity contribution in [2.45, 2.75) is 24.5 Å². The van der Waals surface area contributed by atoms with Crippen LogP contribution in [0.2, 0.25) is 0 Å². The molecule has 140 valence electrons. The Hall–Kier alpha value is -2.48. The number of imide groups is 1. The summed E-state index contributed by atoms with van der Waals surface area (Å²) in [7, 11) is 0. The van der Waals surface area contributed by atoms with E-state index in [4.69, 9.17) is 0 Å². The SMILES string of the molecule is Cc1ccc(N2C(=O)[C@@H]3CSC(c4ccc(C(F)(F)F)cc4)N3C2=O)cc1. The number of carbonyl (C=O) groups is 2.